The molecule has 2 rings (SSSR count). The summed E-state index contributed by atoms with van der Waals surface area (Å²) < 4.78 is 31.7. The van der Waals surface area contributed by atoms with Crippen LogP contribution in [0.5, 0.6) is 5.75 Å². The maximum atomic E-state index is 12.5. The van der Waals surface area contributed by atoms with Crippen molar-refractivity contribution in [3.63, 3.8) is 0 Å². The van der Waals surface area contributed by atoms with Crippen LogP contribution in [0, 0.1) is 6.92 Å². The highest BCUT2D eigenvalue weighted by Gasteiger charge is 2.27. The summed E-state index contributed by atoms with van der Waals surface area (Å²) in [5.41, 5.74) is -1.38. The molecule has 8 nitrogen and oxygen atoms in total. The number of hydrogen-bond donors (Lipinski definition) is 0. The number of aromatic nitrogens is 2. The summed E-state index contributed by atoms with van der Waals surface area (Å²) >= 11 is 0. The van der Waals surface area contributed by atoms with Crippen LogP contribution in [0.25, 0.3) is 0 Å². The predicted molar refractivity (Wildman–Crippen MR) is 85.9 cm³/mol. The molecule has 0 saturated carbocycles. The Kier molecular flexibility index (Phi) is 4.48. The molecule has 0 bridgehead atoms. The van der Waals surface area contributed by atoms with E-state index in [1.165, 1.54) is 52.2 Å². The molecule has 0 aliphatic rings. The number of Topliss-reactive ketones (excluding diaryl/α,β-unsaturated/α-hetero) is 1. The number of benzene rings is 1. The van der Waals surface area contributed by atoms with Crippen molar-refractivity contribution in [3.05, 3.63) is 56.4 Å². The number of hydrogen-bond acceptors (Lipinski definition) is 6. The first-order chi connectivity index (χ1) is 11.1. The van der Waals surface area contributed by atoms with Gasteiger partial charge in [-0.15, -0.1) is 0 Å². The van der Waals surface area contributed by atoms with E-state index in [1.54, 1.807) is 0 Å². The minimum Gasteiger partial charge on any atom is -0.379 e. The summed E-state index contributed by atoms with van der Waals surface area (Å²) in [5.74, 6) is -0.356. The van der Waals surface area contributed by atoms with Crippen LogP contribution in [0.15, 0.2) is 38.8 Å². The van der Waals surface area contributed by atoms with Crippen molar-refractivity contribution in [3.8, 4) is 5.75 Å². The third kappa shape index (κ3) is 3.02. The van der Waals surface area contributed by atoms with Gasteiger partial charge in [-0.05, 0) is 26.0 Å². The van der Waals surface area contributed by atoms with Crippen LogP contribution in [0.1, 0.15) is 23.0 Å². The highest BCUT2D eigenvalue weighted by atomic mass is 32.2. The van der Waals surface area contributed by atoms with Crippen molar-refractivity contribution in [2.45, 2.75) is 18.7 Å². The Morgan fingerprint density at radius 1 is 1.12 bits per heavy atom. The summed E-state index contributed by atoms with van der Waals surface area (Å²) in [6.07, 6.45) is 0. The largest absolute Gasteiger partial charge is 0.379 e. The Morgan fingerprint density at radius 3 is 2.33 bits per heavy atom. The lowest BCUT2D eigenvalue weighted by Gasteiger charge is -2.13. The standard InChI is InChI=1S/C15H16N2O6S/c1-9-13(14(19)17(4)15(20)16(9)3)24(21,22)23-12-7-5-6-11(8-12)10(2)18/h5-8H,1-4H3. The molecular weight excluding hydrogens is 336 g/mol. The van der Waals surface area contributed by atoms with Gasteiger partial charge in [-0.25, -0.2) is 4.79 Å². The predicted octanol–water partition coefficient (Wildman–Crippen LogP) is 0.363. The highest BCUT2D eigenvalue weighted by molar-refractivity contribution is 7.87. The Bertz CT molecular complexity index is 1050. The number of nitrogens with zero attached hydrogens (tertiary/aromatic N) is 2. The van der Waals surface area contributed by atoms with Gasteiger partial charge < -0.3 is 4.18 Å². The molecule has 0 N–H and O–H groups in total. The second-order valence-electron chi connectivity index (χ2n) is 5.24. The lowest BCUT2D eigenvalue weighted by Crippen LogP contribution is -2.41. The lowest BCUT2D eigenvalue weighted by atomic mass is 10.1. The number of carbonyl (C=O) groups is 1. The zero-order valence-corrected chi connectivity index (χ0v) is 14.4. The summed E-state index contributed by atoms with van der Waals surface area (Å²) in [4.78, 5) is 34.8. The van der Waals surface area contributed by atoms with Gasteiger partial charge in [-0.2, -0.15) is 8.42 Å². The van der Waals surface area contributed by atoms with Gasteiger partial charge in [-0.1, -0.05) is 12.1 Å². The van der Waals surface area contributed by atoms with Crippen LogP contribution < -0.4 is 15.4 Å². The molecule has 1 heterocycles. The molecule has 0 unspecified atom stereocenters. The number of carbonyl (C=O) groups excluding carboxylic acids is 1. The first-order valence-corrected chi connectivity index (χ1v) is 8.29. The summed E-state index contributed by atoms with van der Waals surface area (Å²) in [6, 6.07) is 5.60. The van der Waals surface area contributed by atoms with Crippen molar-refractivity contribution in [2.24, 2.45) is 14.1 Å². The zero-order chi connectivity index (χ0) is 18.2. The molecule has 0 radical (unpaired) electrons. The van der Waals surface area contributed by atoms with Gasteiger partial charge in [0.05, 0.1) is 0 Å². The average molecular weight is 352 g/mol. The molecule has 0 atom stereocenters. The quantitative estimate of drug-likeness (QED) is 0.581. The SMILES string of the molecule is CC(=O)c1cccc(OS(=O)(=O)c2c(C)n(C)c(=O)n(C)c2=O)c1. The van der Waals surface area contributed by atoms with Gasteiger partial charge in [0.15, 0.2) is 10.7 Å². The molecule has 1 aromatic heterocycles. The fourth-order valence-corrected chi connectivity index (χ4v) is 3.43. The number of ketones is 1. The van der Waals surface area contributed by atoms with Crippen molar-refractivity contribution >= 4 is 15.9 Å². The summed E-state index contributed by atoms with van der Waals surface area (Å²) in [7, 11) is -1.95. The topological polar surface area (TPSA) is 104 Å². The molecule has 24 heavy (non-hydrogen) atoms. The first-order valence-electron chi connectivity index (χ1n) is 6.88. The van der Waals surface area contributed by atoms with Gasteiger partial charge in [0.1, 0.15) is 5.75 Å². The van der Waals surface area contributed by atoms with E-state index in [9.17, 15) is 22.8 Å². The highest BCUT2D eigenvalue weighted by Crippen LogP contribution is 2.19. The molecule has 0 fully saturated rings. The van der Waals surface area contributed by atoms with E-state index in [0.717, 1.165) is 4.57 Å². The van der Waals surface area contributed by atoms with Crippen LogP contribution in [-0.2, 0) is 24.2 Å². The van der Waals surface area contributed by atoms with Crippen molar-refractivity contribution in [1.82, 2.24) is 9.13 Å². The minimum atomic E-state index is -4.48. The molecule has 0 aliphatic carbocycles. The molecule has 1 aromatic carbocycles. The van der Waals surface area contributed by atoms with E-state index < -0.39 is 26.3 Å². The second-order valence-corrected chi connectivity index (χ2v) is 6.72. The van der Waals surface area contributed by atoms with Crippen LogP contribution in [0.3, 0.4) is 0 Å². The Balaban J connectivity index is 2.61. The van der Waals surface area contributed by atoms with E-state index in [2.05, 4.69) is 0 Å². The molecule has 0 aliphatic heterocycles. The van der Waals surface area contributed by atoms with Gasteiger partial charge in [0, 0.05) is 25.4 Å². The molecule has 9 heteroatoms. The third-order valence-corrected chi connectivity index (χ3v) is 4.98. The molecule has 2 aromatic rings. The maximum absolute atomic E-state index is 12.5. The molecule has 0 saturated heterocycles. The Morgan fingerprint density at radius 2 is 1.75 bits per heavy atom. The Hall–Kier alpha value is -2.68. The zero-order valence-electron chi connectivity index (χ0n) is 13.6. The van der Waals surface area contributed by atoms with Gasteiger partial charge in [-0.3, -0.25) is 18.7 Å². The van der Waals surface area contributed by atoms with Crippen molar-refractivity contribution < 1.29 is 17.4 Å². The third-order valence-electron chi connectivity index (χ3n) is 3.60. The molecular formula is C15H16N2O6S. The number of rotatable bonds is 4. The van der Waals surface area contributed by atoms with E-state index in [0.29, 0.717) is 4.57 Å². The fourth-order valence-electron chi connectivity index (χ4n) is 2.14. The van der Waals surface area contributed by atoms with Gasteiger partial charge >= 0.3 is 15.8 Å². The van der Waals surface area contributed by atoms with Crippen molar-refractivity contribution in [2.75, 3.05) is 0 Å². The molecule has 0 amide bonds. The lowest BCUT2D eigenvalue weighted by molar-refractivity contribution is 0.101. The van der Waals surface area contributed by atoms with E-state index in [1.807, 2.05) is 0 Å². The second kappa shape index (κ2) is 6.08. The minimum absolute atomic E-state index is 0.0363. The smallest absolute Gasteiger partial charge is 0.346 e. The summed E-state index contributed by atoms with van der Waals surface area (Å²) in [5, 5.41) is 0. The van der Waals surface area contributed by atoms with E-state index >= 15 is 0 Å². The maximum Gasteiger partial charge on any atom is 0.346 e. The average Bonchev–Trinajstić information content (AvgIpc) is 2.50. The Labute approximate surface area is 138 Å². The van der Waals surface area contributed by atoms with E-state index in [4.69, 9.17) is 4.18 Å². The van der Waals surface area contributed by atoms with Gasteiger partial charge in [0.25, 0.3) is 5.56 Å². The van der Waals surface area contributed by atoms with Gasteiger partial charge in [0.2, 0.25) is 0 Å². The van der Waals surface area contributed by atoms with Crippen LogP contribution >= 0.6 is 0 Å². The fraction of sp³-hybridized carbons (Fsp3) is 0.267. The van der Waals surface area contributed by atoms with Crippen molar-refractivity contribution in [1.29, 1.82) is 0 Å². The monoisotopic (exact) mass is 352 g/mol. The molecule has 128 valence electrons. The van der Waals surface area contributed by atoms with Crippen LogP contribution in [-0.4, -0.2) is 23.3 Å². The molecule has 0 spiro atoms. The van der Waals surface area contributed by atoms with Crippen LogP contribution in [0.2, 0.25) is 0 Å². The first kappa shape index (κ1) is 17.7. The van der Waals surface area contributed by atoms with Crippen LogP contribution in [0.4, 0.5) is 0 Å². The van der Waals surface area contributed by atoms with E-state index in [-0.39, 0.29) is 22.8 Å². The summed E-state index contributed by atoms with van der Waals surface area (Å²) in [6.45, 7) is 2.67. The normalized spacial score (nSPS) is 11.3.